The Kier molecular flexibility index (Phi) is 5.13. The van der Waals surface area contributed by atoms with Crippen molar-refractivity contribution in [1.29, 1.82) is 0 Å². The lowest BCUT2D eigenvalue weighted by Crippen LogP contribution is -2.34. The van der Waals surface area contributed by atoms with E-state index in [1.54, 1.807) is 0 Å². The van der Waals surface area contributed by atoms with Crippen molar-refractivity contribution in [3.63, 3.8) is 0 Å². The number of benzene rings is 1. The first-order valence-corrected chi connectivity index (χ1v) is 9.38. The van der Waals surface area contributed by atoms with E-state index in [4.69, 9.17) is 4.74 Å². The van der Waals surface area contributed by atoms with Gasteiger partial charge in [0.05, 0.1) is 6.10 Å². The van der Waals surface area contributed by atoms with Crippen molar-refractivity contribution in [2.45, 2.75) is 64.4 Å². The third-order valence-corrected chi connectivity index (χ3v) is 5.63. The van der Waals surface area contributed by atoms with Crippen LogP contribution in [0.2, 0.25) is 0 Å². The summed E-state index contributed by atoms with van der Waals surface area (Å²) in [5.74, 6) is 1.41. The summed E-state index contributed by atoms with van der Waals surface area (Å²) in [5, 5.41) is 0. The maximum Gasteiger partial charge on any atom is 0.0702 e. The number of ether oxygens (including phenoxy) is 1. The molecule has 1 aromatic carbocycles. The standard InChI is InChI=1S/C21H33NO/c1-16-13-22(14-19-7-5-6-12-23-19)15-20(16)17-8-10-18(11-9-17)21(2,3)4/h8-11,16,19-20H,5-7,12-15H2,1-4H3. The van der Waals surface area contributed by atoms with Crippen LogP contribution < -0.4 is 0 Å². The molecule has 3 atom stereocenters. The second kappa shape index (κ2) is 6.94. The molecular weight excluding hydrogens is 282 g/mol. The number of hydrogen-bond acceptors (Lipinski definition) is 2. The lowest BCUT2D eigenvalue weighted by Gasteiger charge is -2.27. The van der Waals surface area contributed by atoms with E-state index in [0.29, 0.717) is 12.0 Å². The van der Waals surface area contributed by atoms with Gasteiger partial charge in [-0.25, -0.2) is 0 Å². The highest BCUT2D eigenvalue weighted by Gasteiger charge is 2.32. The first-order chi connectivity index (χ1) is 10.9. The smallest absolute Gasteiger partial charge is 0.0702 e. The fraction of sp³-hybridized carbons (Fsp3) is 0.714. The van der Waals surface area contributed by atoms with E-state index in [1.807, 2.05) is 0 Å². The Morgan fingerprint density at radius 3 is 2.43 bits per heavy atom. The second-order valence-corrected chi connectivity index (χ2v) is 8.66. The Morgan fingerprint density at radius 2 is 1.83 bits per heavy atom. The van der Waals surface area contributed by atoms with Gasteiger partial charge in [-0.3, -0.25) is 4.90 Å². The van der Waals surface area contributed by atoms with E-state index in [1.165, 1.54) is 43.5 Å². The van der Waals surface area contributed by atoms with Crippen LogP contribution >= 0.6 is 0 Å². The Bertz CT molecular complexity index is 496. The van der Waals surface area contributed by atoms with Crippen molar-refractivity contribution in [3.8, 4) is 0 Å². The number of rotatable bonds is 3. The zero-order valence-electron chi connectivity index (χ0n) is 15.3. The van der Waals surface area contributed by atoms with Crippen molar-refractivity contribution in [3.05, 3.63) is 35.4 Å². The third-order valence-electron chi connectivity index (χ3n) is 5.63. The van der Waals surface area contributed by atoms with Gasteiger partial charge >= 0.3 is 0 Å². The molecule has 128 valence electrons. The Hall–Kier alpha value is -0.860. The van der Waals surface area contributed by atoms with Crippen LogP contribution in [0.5, 0.6) is 0 Å². The summed E-state index contributed by atoms with van der Waals surface area (Å²) < 4.78 is 5.93. The molecule has 2 heterocycles. The van der Waals surface area contributed by atoms with E-state index < -0.39 is 0 Å². The molecule has 0 bridgehead atoms. The monoisotopic (exact) mass is 315 g/mol. The summed E-state index contributed by atoms with van der Waals surface area (Å²) in [4.78, 5) is 2.63. The van der Waals surface area contributed by atoms with Gasteiger partial charge < -0.3 is 4.74 Å². The number of hydrogen-bond donors (Lipinski definition) is 0. The molecule has 0 N–H and O–H groups in total. The highest BCUT2D eigenvalue weighted by molar-refractivity contribution is 5.30. The Labute approximate surface area is 142 Å². The molecule has 3 rings (SSSR count). The Balaban J connectivity index is 1.62. The lowest BCUT2D eigenvalue weighted by molar-refractivity contribution is -0.00241. The molecule has 2 saturated heterocycles. The van der Waals surface area contributed by atoms with Gasteiger partial charge in [0.25, 0.3) is 0 Å². The van der Waals surface area contributed by atoms with Crippen LogP contribution in [0.25, 0.3) is 0 Å². The van der Waals surface area contributed by atoms with E-state index in [0.717, 1.165) is 19.1 Å². The van der Waals surface area contributed by atoms with Gasteiger partial charge in [-0.05, 0) is 41.7 Å². The van der Waals surface area contributed by atoms with Gasteiger partial charge in [-0.2, -0.15) is 0 Å². The summed E-state index contributed by atoms with van der Waals surface area (Å²) in [6, 6.07) is 9.38. The zero-order chi connectivity index (χ0) is 16.4. The average Bonchev–Trinajstić information content (AvgIpc) is 2.88. The minimum atomic E-state index is 0.240. The van der Waals surface area contributed by atoms with Gasteiger partial charge in [0.2, 0.25) is 0 Å². The molecule has 0 aromatic heterocycles. The van der Waals surface area contributed by atoms with Gasteiger partial charge in [0.15, 0.2) is 0 Å². The maximum absolute atomic E-state index is 5.93. The molecule has 2 fully saturated rings. The van der Waals surface area contributed by atoms with E-state index in [-0.39, 0.29) is 5.41 Å². The lowest BCUT2D eigenvalue weighted by atomic mass is 9.84. The molecule has 2 aliphatic heterocycles. The van der Waals surface area contributed by atoms with Crippen molar-refractivity contribution in [1.82, 2.24) is 4.90 Å². The molecule has 23 heavy (non-hydrogen) atoms. The van der Waals surface area contributed by atoms with Gasteiger partial charge in [-0.1, -0.05) is 52.0 Å². The predicted octanol–water partition coefficient (Wildman–Crippen LogP) is 4.59. The molecule has 0 radical (unpaired) electrons. The minimum Gasteiger partial charge on any atom is -0.377 e. The normalized spacial score (nSPS) is 29.8. The molecule has 1 aromatic rings. The summed E-state index contributed by atoms with van der Waals surface area (Å²) in [6.45, 7) is 13.8. The van der Waals surface area contributed by atoms with Gasteiger partial charge in [-0.15, -0.1) is 0 Å². The van der Waals surface area contributed by atoms with Crippen molar-refractivity contribution in [2.75, 3.05) is 26.2 Å². The van der Waals surface area contributed by atoms with E-state index in [2.05, 4.69) is 56.9 Å². The fourth-order valence-corrected chi connectivity index (χ4v) is 4.12. The highest BCUT2D eigenvalue weighted by Crippen LogP contribution is 2.34. The first kappa shape index (κ1) is 17.0. The fourth-order valence-electron chi connectivity index (χ4n) is 4.12. The number of likely N-dealkylation sites (tertiary alicyclic amines) is 1. The van der Waals surface area contributed by atoms with E-state index in [9.17, 15) is 0 Å². The van der Waals surface area contributed by atoms with E-state index >= 15 is 0 Å². The summed E-state index contributed by atoms with van der Waals surface area (Å²) >= 11 is 0. The van der Waals surface area contributed by atoms with Crippen LogP contribution in [0.3, 0.4) is 0 Å². The first-order valence-electron chi connectivity index (χ1n) is 9.38. The molecule has 2 aliphatic rings. The maximum atomic E-state index is 5.93. The molecule has 0 saturated carbocycles. The summed E-state index contributed by atoms with van der Waals surface area (Å²) in [6.07, 6.45) is 4.30. The second-order valence-electron chi connectivity index (χ2n) is 8.66. The zero-order valence-corrected chi connectivity index (χ0v) is 15.3. The molecule has 3 unspecified atom stereocenters. The Morgan fingerprint density at radius 1 is 1.09 bits per heavy atom. The quantitative estimate of drug-likeness (QED) is 0.809. The van der Waals surface area contributed by atoms with Crippen LogP contribution in [0, 0.1) is 5.92 Å². The van der Waals surface area contributed by atoms with Crippen molar-refractivity contribution >= 4 is 0 Å². The van der Waals surface area contributed by atoms with Crippen LogP contribution in [0.4, 0.5) is 0 Å². The largest absolute Gasteiger partial charge is 0.377 e. The van der Waals surface area contributed by atoms with Crippen LogP contribution in [-0.4, -0.2) is 37.2 Å². The molecule has 2 nitrogen and oxygen atoms in total. The molecular formula is C21H33NO. The minimum absolute atomic E-state index is 0.240. The van der Waals surface area contributed by atoms with Crippen molar-refractivity contribution < 1.29 is 4.74 Å². The highest BCUT2D eigenvalue weighted by atomic mass is 16.5. The molecule has 2 heteroatoms. The van der Waals surface area contributed by atoms with Crippen LogP contribution in [0.1, 0.15) is 64.0 Å². The van der Waals surface area contributed by atoms with Gasteiger partial charge in [0, 0.05) is 32.2 Å². The van der Waals surface area contributed by atoms with Crippen LogP contribution in [0.15, 0.2) is 24.3 Å². The predicted molar refractivity (Wildman–Crippen MR) is 97.1 cm³/mol. The SMILES string of the molecule is CC1CN(CC2CCCCO2)CC1c1ccc(C(C)(C)C)cc1. The molecule has 0 amide bonds. The molecule has 0 aliphatic carbocycles. The molecule has 0 spiro atoms. The average molecular weight is 316 g/mol. The summed E-state index contributed by atoms with van der Waals surface area (Å²) in [7, 11) is 0. The number of nitrogens with zero attached hydrogens (tertiary/aromatic N) is 1. The summed E-state index contributed by atoms with van der Waals surface area (Å²) in [5.41, 5.74) is 3.18. The van der Waals surface area contributed by atoms with Crippen molar-refractivity contribution in [2.24, 2.45) is 5.92 Å². The van der Waals surface area contributed by atoms with Gasteiger partial charge in [0.1, 0.15) is 0 Å². The topological polar surface area (TPSA) is 12.5 Å². The third kappa shape index (κ3) is 4.16. The van der Waals surface area contributed by atoms with Crippen LogP contribution in [-0.2, 0) is 10.2 Å².